The number of pyridine rings is 1. The summed E-state index contributed by atoms with van der Waals surface area (Å²) in [6.07, 6.45) is 1.53. The molecule has 26 heavy (non-hydrogen) atoms. The molecule has 7 nitrogen and oxygen atoms in total. The first kappa shape index (κ1) is 15.6. The van der Waals surface area contributed by atoms with E-state index in [0.29, 0.717) is 39.3 Å². The van der Waals surface area contributed by atoms with E-state index in [1.165, 1.54) is 6.26 Å². The molecular formula is C19H12N4O3. The summed E-state index contributed by atoms with van der Waals surface area (Å²) in [5.74, 6) is 0.160. The molecule has 1 aromatic carbocycles. The fourth-order valence-electron chi connectivity index (χ4n) is 2.69. The Morgan fingerprint density at radius 3 is 2.88 bits per heavy atom. The van der Waals surface area contributed by atoms with Crippen molar-refractivity contribution in [2.24, 2.45) is 0 Å². The predicted octanol–water partition coefficient (Wildman–Crippen LogP) is 3.92. The number of benzene rings is 1. The van der Waals surface area contributed by atoms with Gasteiger partial charge in [-0.05, 0) is 43.3 Å². The normalized spacial score (nSPS) is 10.6. The van der Waals surface area contributed by atoms with Crippen LogP contribution in [0.25, 0.3) is 22.6 Å². The second-order valence-electron chi connectivity index (χ2n) is 5.63. The predicted molar refractivity (Wildman–Crippen MR) is 93.4 cm³/mol. The number of rotatable bonds is 3. The summed E-state index contributed by atoms with van der Waals surface area (Å²) in [7, 11) is 0. The van der Waals surface area contributed by atoms with Gasteiger partial charge in [0.1, 0.15) is 5.69 Å². The average molecular weight is 344 g/mol. The molecule has 3 aromatic heterocycles. The number of anilines is 1. The Bertz CT molecular complexity index is 1150. The third-order valence-corrected chi connectivity index (χ3v) is 3.88. The summed E-state index contributed by atoms with van der Waals surface area (Å²) in [4.78, 5) is 17.2. The zero-order valence-corrected chi connectivity index (χ0v) is 13.7. The standard InChI is InChI=1S/C19H12N4O3/c1-11-17-14(18(24)21-13-5-2-4-12(8-13)10-20)9-15(16-6-3-7-25-16)22-19(17)26-23-11/h2-9H,1H3,(H,21,24). The minimum atomic E-state index is -0.355. The monoisotopic (exact) mass is 344 g/mol. The number of aromatic nitrogens is 2. The fraction of sp³-hybridized carbons (Fsp3) is 0.0526. The van der Waals surface area contributed by atoms with Crippen LogP contribution in [0.1, 0.15) is 21.6 Å². The summed E-state index contributed by atoms with van der Waals surface area (Å²) in [5, 5.41) is 16.2. The molecule has 7 heteroatoms. The molecule has 3 heterocycles. The van der Waals surface area contributed by atoms with Gasteiger partial charge in [-0.2, -0.15) is 5.26 Å². The number of nitrogens with zero attached hydrogens (tertiary/aromatic N) is 3. The molecule has 0 atom stereocenters. The SMILES string of the molecule is Cc1noc2nc(-c3ccco3)cc(C(=O)Nc3cccc(C#N)c3)c12. The smallest absolute Gasteiger partial charge is 0.259 e. The Balaban J connectivity index is 1.80. The van der Waals surface area contributed by atoms with E-state index in [4.69, 9.17) is 14.2 Å². The van der Waals surface area contributed by atoms with Gasteiger partial charge >= 0.3 is 0 Å². The molecule has 4 rings (SSSR count). The lowest BCUT2D eigenvalue weighted by Crippen LogP contribution is -2.13. The van der Waals surface area contributed by atoms with E-state index < -0.39 is 0 Å². The number of furan rings is 1. The number of amides is 1. The van der Waals surface area contributed by atoms with Crippen LogP contribution in [0.5, 0.6) is 0 Å². The van der Waals surface area contributed by atoms with E-state index in [1.807, 2.05) is 6.07 Å². The molecule has 0 aliphatic rings. The molecule has 0 spiro atoms. The molecule has 0 saturated carbocycles. The van der Waals surface area contributed by atoms with Gasteiger partial charge in [-0.15, -0.1) is 0 Å². The van der Waals surface area contributed by atoms with Gasteiger partial charge in [-0.25, -0.2) is 4.98 Å². The molecule has 0 bridgehead atoms. The second kappa shape index (κ2) is 6.18. The maximum Gasteiger partial charge on any atom is 0.259 e. The van der Waals surface area contributed by atoms with Crippen molar-refractivity contribution in [1.82, 2.24) is 10.1 Å². The van der Waals surface area contributed by atoms with E-state index in [2.05, 4.69) is 15.5 Å². The molecule has 126 valence electrons. The van der Waals surface area contributed by atoms with Crippen LogP contribution in [0.3, 0.4) is 0 Å². The van der Waals surface area contributed by atoms with Gasteiger partial charge in [-0.1, -0.05) is 11.2 Å². The summed E-state index contributed by atoms with van der Waals surface area (Å²) in [5.41, 5.74) is 2.63. The molecule has 4 aromatic rings. The van der Waals surface area contributed by atoms with Crippen molar-refractivity contribution in [2.75, 3.05) is 5.32 Å². The Hall–Kier alpha value is -3.92. The van der Waals surface area contributed by atoms with Crippen molar-refractivity contribution in [2.45, 2.75) is 6.92 Å². The number of nitriles is 1. The Morgan fingerprint density at radius 2 is 2.12 bits per heavy atom. The number of hydrogen-bond acceptors (Lipinski definition) is 6. The Morgan fingerprint density at radius 1 is 1.23 bits per heavy atom. The number of nitrogens with one attached hydrogen (secondary N) is 1. The zero-order chi connectivity index (χ0) is 18.1. The highest BCUT2D eigenvalue weighted by Crippen LogP contribution is 2.28. The van der Waals surface area contributed by atoms with Gasteiger partial charge in [0.25, 0.3) is 11.6 Å². The summed E-state index contributed by atoms with van der Waals surface area (Å²) in [6.45, 7) is 1.74. The maximum atomic E-state index is 12.9. The van der Waals surface area contributed by atoms with Gasteiger partial charge < -0.3 is 14.3 Å². The molecule has 1 N–H and O–H groups in total. The molecule has 0 aliphatic heterocycles. The van der Waals surface area contributed by atoms with Crippen LogP contribution in [0.15, 0.2) is 57.7 Å². The lowest BCUT2D eigenvalue weighted by molar-refractivity contribution is 0.102. The van der Waals surface area contributed by atoms with Crippen LogP contribution in [-0.4, -0.2) is 16.0 Å². The minimum Gasteiger partial charge on any atom is -0.463 e. The number of carbonyl (C=O) groups excluding carboxylic acids is 1. The van der Waals surface area contributed by atoms with Crippen LogP contribution in [-0.2, 0) is 0 Å². The lowest BCUT2D eigenvalue weighted by atomic mass is 10.1. The number of hydrogen-bond donors (Lipinski definition) is 1. The van der Waals surface area contributed by atoms with E-state index in [9.17, 15) is 4.79 Å². The average Bonchev–Trinajstić information content (AvgIpc) is 3.31. The van der Waals surface area contributed by atoms with Crippen molar-refractivity contribution >= 4 is 22.7 Å². The van der Waals surface area contributed by atoms with Crippen LogP contribution < -0.4 is 5.32 Å². The van der Waals surface area contributed by atoms with Crippen LogP contribution in [0.2, 0.25) is 0 Å². The van der Waals surface area contributed by atoms with Gasteiger partial charge in [-0.3, -0.25) is 4.79 Å². The van der Waals surface area contributed by atoms with Gasteiger partial charge in [0.2, 0.25) is 0 Å². The summed E-state index contributed by atoms with van der Waals surface area (Å²) < 4.78 is 10.6. The first-order chi connectivity index (χ1) is 12.7. The van der Waals surface area contributed by atoms with Crippen LogP contribution >= 0.6 is 0 Å². The highest BCUT2D eigenvalue weighted by molar-refractivity contribution is 6.13. The van der Waals surface area contributed by atoms with Crippen molar-refractivity contribution in [3.63, 3.8) is 0 Å². The lowest BCUT2D eigenvalue weighted by Gasteiger charge is -2.07. The number of aryl methyl sites for hydroxylation is 1. The summed E-state index contributed by atoms with van der Waals surface area (Å²) >= 11 is 0. The first-order valence-electron chi connectivity index (χ1n) is 7.78. The highest BCUT2D eigenvalue weighted by atomic mass is 16.5. The van der Waals surface area contributed by atoms with Gasteiger partial charge in [0, 0.05) is 5.69 Å². The van der Waals surface area contributed by atoms with Crippen molar-refractivity contribution < 1.29 is 13.7 Å². The zero-order valence-electron chi connectivity index (χ0n) is 13.7. The van der Waals surface area contributed by atoms with E-state index in [-0.39, 0.29) is 11.6 Å². The van der Waals surface area contributed by atoms with E-state index in [0.717, 1.165) is 0 Å². The van der Waals surface area contributed by atoms with Gasteiger partial charge in [0.05, 0.1) is 34.5 Å². The molecule has 0 fully saturated rings. The van der Waals surface area contributed by atoms with Crippen LogP contribution in [0.4, 0.5) is 5.69 Å². The quantitative estimate of drug-likeness (QED) is 0.604. The van der Waals surface area contributed by atoms with Gasteiger partial charge in [0.15, 0.2) is 5.76 Å². The fourth-order valence-corrected chi connectivity index (χ4v) is 2.69. The largest absolute Gasteiger partial charge is 0.463 e. The first-order valence-corrected chi connectivity index (χ1v) is 7.78. The van der Waals surface area contributed by atoms with Crippen molar-refractivity contribution in [1.29, 1.82) is 5.26 Å². The Kier molecular flexibility index (Phi) is 3.71. The van der Waals surface area contributed by atoms with E-state index in [1.54, 1.807) is 49.4 Å². The third kappa shape index (κ3) is 2.70. The molecular weight excluding hydrogens is 332 g/mol. The molecule has 0 unspecified atom stereocenters. The second-order valence-corrected chi connectivity index (χ2v) is 5.63. The minimum absolute atomic E-state index is 0.257. The highest BCUT2D eigenvalue weighted by Gasteiger charge is 2.20. The van der Waals surface area contributed by atoms with Crippen molar-refractivity contribution in [3.05, 3.63) is 65.5 Å². The number of fused-ring (bicyclic) bond motifs is 1. The van der Waals surface area contributed by atoms with Crippen LogP contribution in [0, 0.1) is 18.3 Å². The number of carbonyl (C=O) groups is 1. The summed E-state index contributed by atoms with van der Waals surface area (Å²) in [6, 6.07) is 13.8. The Labute approximate surface area is 147 Å². The van der Waals surface area contributed by atoms with E-state index >= 15 is 0 Å². The molecule has 0 saturated heterocycles. The molecule has 0 aliphatic carbocycles. The molecule has 0 radical (unpaired) electrons. The maximum absolute atomic E-state index is 12.9. The molecule has 1 amide bonds. The topological polar surface area (TPSA) is 105 Å². The third-order valence-electron chi connectivity index (χ3n) is 3.88. The van der Waals surface area contributed by atoms with Crippen molar-refractivity contribution in [3.8, 4) is 17.5 Å².